The topological polar surface area (TPSA) is 72.8 Å². The fraction of sp³-hybridized carbons (Fsp3) is 0.455. The van der Waals surface area contributed by atoms with Crippen molar-refractivity contribution < 1.29 is 5.11 Å². The van der Waals surface area contributed by atoms with E-state index in [1.54, 1.807) is 12.1 Å². The van der Waals surface area contributed by atoms with Crippen molar-refractivity contribution in [2.75, 3.05) is 26.2 Å². The second-order valence-electron chi connectivity index (χ2n) is 7.30. The molecule has 1 unspecified atom stereocenters. The summed E-state index contributed by atoms with van der Waals surface area (Å²) in [4.78, 5) is 11.4. The average Bonchev–Trinajstić information content (AvgIpc) is 2.74. The minimum absolute atomic E-state index is 0.301. The summed E-state index contributed by atoms with van der Waals surface area (Å²) in [5.74, 6) is 0.753. The van der Waals surface area contributed by atoms with Crippen LogP contribution in [0.3, 0.4) is 0 Å². The molecule has 7 heteroatoms. The summed E-state index contributed by atoms with van der Waals surface area (Å²) in [5.41, 5.74) is 1.93. The maximum absolute atomic E-state index is 10.4. The van der Waals surface area contributed by atoms with Crippen LogP contribution in [0.4, 0.5) is 0 Å². The van der Waals surface area contributed by atoms with Crippen LogP contribution in [0.2, 0.25) is 5.02 Å². The van der Waals surface area contributed by atoms with Gasteiger partial charge in [-0.1, -0.05) is 29.8 Å². The van der Waals surface area contributed by atoms with Crippen LogP contribution in [-0.4, -0.2) is 53.2 Å². The molecule has 0 spiro atoms. The van der Waals surface area contributed by atoms with Crippen molar-refractivity contribution >= 4 is 17.6 Å². The summed E-state index contributed by atoms with van der Waals surface area (Å²) >= 11 is 5.91. The molecule has 6 nitrogen and oxygen atoms in total. The van der Waals surface area contributed by atoms with Gasteiger partial charge < -0.3 is 15.7 Å². The zero-order chi connectivity index (χ0) is 20.5. The number of aromatic nitrogens is 1. The number of pyridine rings is 1. The highest BCUT2D eigenvalue weighted by Gasteiger charge is 2.20. The number of aliphatic hydroxyl groups is 1. The van der Waals surface area contributed by atoms with Gasteiger partial charge in [-0.05, 0) is 49.6 Å². The Bertz CT molecular complexity index is 761. The molecule has 2 aromatic rings. The number of hydrogen-bond acceptors (Lipinski definition) is 4. The molecule has 156 valence electrons. The quantitative estimate of drug-likeness (QED) is 0.479. The number of nitrogens with one attached hydrogen (secondary N) is 2. The number of hydrogen-bond donors (Lipinski definition) is 3. The maximum atomic E-state index is 10.4. The summed E-state index contributed by atoms with van der Waals surface area (Å²) in [6.07, 6.45) is 3.30. The van der Waals surface area contributed by atoms with Crippen molar-refractivity contribution in [2.45, 2.75) is 38.5 Å². The lowest BCUT2D eigenvalue weighted by Crippen LogP contribution is -2.48. The van der Waals surface area contributed by atoms with E-state index in [0.29, 0.717) is 17.6 Å². The number of halogens is 1. The first-order valence-corrected chi connectivity index (χ1v) is 10.6. The zero-order valence-corrected chi connectivity index (χ0v) is 17.6. The zero-order valence-electron chi connectivity index (χ0n) is 16.9. The fourth-order valence-electron chi connectivity index (χ4n) is 3.44. The monoisotopic (exact) mass is 415 g/mol. The van der Waals surface area contributed by atoms with Crippen LogP contribution in [-0.2, 0) is 6.54 Å². The summed E-state index contributed by atoms with van der Waals surface area (Å²) in [6, 6.07) is 13.7. The Morgan fingerprint density at radius 1 is 1.24 bits per heavy atom. The summed E-state index contributed by atoms with van der Waals surface area (Å²) in [7, 11) is 0. The summed E-state index contributed by atoms with van der Waals surface area (Å²) in [6.45, 7) is 6.08. The van der Waals surface area contributed by atoms with E-state index in [2.05, 4.69) is 31.6 Å². The number of aliphatic imine (C=N–C) groups is 1. The first-order valence-electron chi connectivity index (χ1n) is 10.2. The molecular formula is C22H30ClN5O. The number of benzene rings is 1. The van der Waals surface area contributed by atoms with Crippen molar-refractivity contribution in [2.24, 2.45) is 4.99 Å². The molecule has 1 aliphatic heterocycles. The number of aliphatic hydroxyl groups excluding tert-OH is 1. The van der Waals surface area contributed by atoms with Gasteiger partial charge in [0.2, 0.25) is 0 Å². The van der Waals surface area contributed by atoms with E-state index in [-0.39, 0.29) is 0 Å². The second kappa shape index (κ2) is 11.1. The Kier molecular flexibility index (Phi) is 8.28. The van der Waals surface area contributed by atoms with Crippen LogP contribution in [0.5, 0.6) is 0 Å². The highest BCUT2D eigenvalue weighted by Crippen LogP contribution is 2.17. The number of piperidine rings is 1. The van der Waals surface area contributed by atoms with E-state index in [1.807, 2.05) is 37.4 Å². The standard InChI is InChI=1S/C22H30ClN5O/c1-2-24-22(26-15-21(29)17-6-8-18(23)9-7-17)27-19-10-13-28(14-11-19)16-20-5-3-4-12-25-20/h3-9,12,19,21,29H,2,10-11,13-16H2,1H3,(H2,24,26,27). The predicted octanol–water partition coefficient (Wildman–Crippen LogP) is 2.99. The van der Waals surface area contributed by atoms with Crippen LogP contribution in [0.25, 0.3) is 0 Å². The second-order valence-corrected chi connectivity index (χ2v) is 7.74. The first-order chi connectivity index (χ1) is 14.1. The van der Waals surface area contributed by atoms with Gasteiger partial charge >= 0.3 is 0 Å². The van der Waals surface area contributed by atoms with Crippen molar-refractivity contribution in [1.29, 1.82) is 0 Å². The van der Waals surface area contributed by atoms with E-state index in [0.717, 1.165) is 56.2 Å². The molecule has 1 aliphatic rings. The lowest BCUT2D eigenvalue weighted by molar-refractivity contribution is 0.186. The third kappa shape index (κ3) is 6.99. The van der Waals surface area contributed by atoms with E-state index in [4.69, 9.17) is 11.6 Å². The van der Waals surface area contributed by atoms with Crippen molar-refractivity contribution in [3.63, 3.8) is 0 Å². The normalized spacial score (nSPS) is 17.1. The molecule has 1 saturated heterocycles. The fourth-order valence-corrected chi connectivity index (χ4v) is 3.56. The van der Waals surface area contributed by atoms with Crippen molar-refractivity contribution in [1.82, 2.24) is 20.5 Å². The van der Waals surface area contributed by atoms with Crippen LogP contribution in [0, 0.1) is 0 Å². The lowest BCUT2D eigenvalue weighted by Gasteiger charge is -2.32. The molecule has 3 N–H and O–H groups in total. The van der Waals surface area contributed by atoms with Gasteiger partial charge in [-0.3, -0.25) is 14.9 Å². The van der Waals surface area contributed by atoms with Gasteiger partial charge in [0.15, 0.2) is 5.96 Å². The molecule has 1 fully saturated rings. The van der Waals surface area contributed by atoms with Crippen LogP contribution < -0.4 is 10.6 Å². The molecule has 0 radical (unpaired) electrons. The smallest absolute Gasteiger partial charge is 0.191 e. The van der Waals surface area contributed by atoms with E-state index in [1.165, 1.54) is 0 Å². The van der Waals surface area contributed by atoms with E-state index < -0.39 is 6.10 Å². The highest BCUT2D eigenvalue weighted by molar-refractivity contribution is 6.30. The minimum atomic E-state index is -0.650. The third-order valence-corrected chi connectivity index (χ3v) is 5.31. The Balaban J connectivity index is 1.48. The molecule has 29 heavy (non-hydrogen) atoms. The Hall–Kier alpha value is -2.15. The van der Waals surface area contributed by atoms with Gasteiger partial charge in [-0.25, -0.2) is 0 Å². The molecule has 0 aliphatic carbocycles. The predicted molar refractivity (Wildman–Crippen MR) is 118 cm³/mol. The Morgan fingerprint density at radius 2 is 2.00 bits per heavy atom. The molecule has 1 atom stereocenters. The molecule has 3 rings (SSSR count). The minimum Gasteiger partial charge on any atom is -0.386 e. The summed E-state index contributed by atoms with van der Waals surface area (Å²) < 4.78 is 0. The SMILES string of the molecule is CCNC(=NCC(O)c1ccc(Cl)cc1)NC1CCN(Cc2ccccn2)CC1. The Labute approximate surface area is 178 Å². The third-order valence-electron chi connectivity index (χ3n) is 5.06. The van der Waals surface area contributed by atoms with Crippen LogP contribution >= 0.6 is 11.6 Å². The number of nitrogens with zero attached hydrogens (tertiary/aromatic N) is 3. The van der Waals surface area contributed by atoms with Gasteiger partial charge in [0.25, 0.3) is 0 Å². The van der Waals surface area contributed by atoms with Crippen molar-refractivity contribution in [3.8, 4) is 0 Å². The van der Waals surface area contributed by atoms with Gasteiger partial charge in [0, 0.05) is 43.4 Å². The summed E-state index contributed by atoms with van der Waals surface area (Å²) in [5, 5.41) is 17.9. The number of rotatable bonds is 7. The molecule has 1 aromatic carbocycles. The molecule has 2 heterocycles. The van der Waals surface area contributed by atoms with Gasteiger partial charge in [-0.15, -0.1) is 0 Å². The Morgan fingerprint density at radius 3 is 2.66 bits per heavy atom. The van der Waals surface area contributed by atoms with Crippen LogP contribution in [0.1, 0.15) is 37.1 Å². The lowest BCUT2D eigenvalue weighted by atomic mass is 10.0. The molecule has 0 saturated carbocycles. The average molecular weight is 416 g/mol. The van der Waals surface area contributed by atoms with E-state index >= 15 is 0 Å². The molecule has 0 amide bonds. The number of likely N-dealkylation sites (tertiary alicyclic amines) is 1. The number of guanidine groups is 1. The molecule has 1 aromatic heterocycles. The molecular weight excluding hydrogens is 386 g/mol. The highest BCUT2D eigenvalue weighted by atomic mass is 35.5. The first kappa shape index (κ1) is 21.6. The van der Waals surface area contributed by atoms with Crippen LogP contribution in [0.15, 0.2) is 53.7 Å². The van der Waals surface area contributed by atoms with Gasteiger partial charge in [0.1, 0.15) is 0 Å². The maximum Gasteiger partial charge on any atom is 0.191 e. The van der Waals surface area contributed by atoms with Gasteiger partial charge in [-0.2, -0.15) is 0 Å². The van der Waals surface area contributed by atoms with E-state index in [9.17, 15) is 5.11 Å². The molecule has 0 bridgehead atoms. The van der Waals surface area contributed by atoms with Gasteiger partial charge in [0.05, 0.1) is 18.3 Å². The van der Waals surface area contributed by atoms with Crippen molar-refractivity contribution in [3.05, 3.63) is 64.9 Å². The largest absolute Gasteiger partial charge is 0.386 e.